The molecule has 3 aliphatic rings. The fraction of sp³-hybridized carbons (Fsp3) is 0.435. The van der Waals surface area contributed by atoms with E-state index in [9.17, 15) is 17.6 Å². The predicted octanol–water partition coefficient (Wildman–Crippen LogP) is 5.01. The van der Waals surface area contributed by atoms with Crippen molar-refractivity contribution in [3.8, 4) is 17.6 Å². The number of anilines is 2. The molecule has 13 heteroatoms. The Morgan fingerprint density at radius 3 is 2.64 bits per heavy atom. The van der Waals surface area contributed by atoms with Crippen LogP contribution < -0.4 is 19.7 Å². The van der Waals surface area contributed by atoms with Crippen molar-refractivity contribution in [2.75, 3.05) is 30.4 Å². The van der Waals surface area contributed by atoms with Crippen LogP contribution in [0.2, 0.25) is 5.02 Å². The van der Waals surface area contributed by atoms with Crippen LogP contribution in [0.3, 0.4) is 0 Å². The molecule has 2 aromatic heterocycles. The average Bonchev–Trinajstić information content (AvgIpc) is 3.21. The molecule has 2 aliphatic heterocycles. The number of piperidine rings is 2. The van der Waals surface area contributed by atoms with Gasteiger partial charge in [0.1, 0.15) is 6.54 Å². The summed E-state index contributed by atoms with van der Waals surface area (Å²) in [7, 11) is 1.56. The first-order chi connectivity index (χ1) is 17.1. The second-order valence-corrected chi connectivity index (χ2v) is 9.37. The van der Waals surface area contributed by atoms with E-state index < -0.39 is 24.5 Å². The van der Waals surface area contributed by atoms with Gasteiger partial charge in [-0.1, -0.05) is 24.6 Å². The van der Waals surface area contributed by atoms with Crippen LogP contribution in [0.15, 0.2) is 36.5 Å². The summed E-state index contributed by atoms with van der Waals surface area (Å²) in [4.78, 5) is 10.5. The molecular weight excluding hydrogens is 504 g/mol. The van der Waals surface area contributed by atoms with E-state index in [-0.39, 0.29) is 34.6 Å². The SMILES string of the molecule is COc1cc(N2CC3[C@H](C)C(C2)[C@@H]3Nc2nc(Oc3cccc(Cl)c3F)n(CC(F)(F)F)n2)ccn1. The van der Waals surface area contributed by atoms with Crippen LogP contribution in [-0.2, 0) is 6.54 Å². The van der Waals surface area contributed by atoms with Crippen molar-refractivity contribution < 1.29 is 27.0 Å². The number of hydrogen-bond acceptors (Lipinski definition) is 7. The highest BCUT2D eigenvalue weighted by atomic mass is 35.5. The van der Waals surface area contributed by atoms with Gasteiger partial charge in [0.15, 0.2) is 11.6 Å². The molecule has 2 atom stereocenters. The molecular formula is C23H23ClF4N6O2. The first kappa shape index (κ1) is 24.4. The monoisotopic (exact) mass is 526 g/mol. The van der Waals surface area contributed by atoms with Crippen molar-refractivity contribution in [1.29, 1.82) is 0 Å². The van der Waals surface area contributed by atoms with Crippen molar-refractivity contribution in [2.24, 2.45) is 17.8 Å². The van der Waals surface area contributed by atoms with Crippen molar-refractivity contribution >= 4 is 23.2 Å². The first-order valence-corrected chi connectivity index (χ1v) is 11.7. The normalized spacial score (nSPS) is 23.2. The third-order valence-corrected chi connectivity index (χ3v) is 7.10. The zero-order valence-corrected chi connectivity index (χ0v) is 20.1. The minimum absolute atomic E-state index is 0.0115. The lowest BCUT2D eigenvalue weighted by Gasteiger charge is -2.58. The van der Waals surface area contributed by atoms with Gasteiger partial charge in [-0.05, 0) is 36.0 Å². The fourth-order valence-electron chi connectivity index (χ4n) is 4.97. The van der Waals surface area contributed by atoms with Gasteiger partial charge in [-0.3, -0.25) is 0 Å². The fourth-order valence-corrected chi connectivity index (χ4v) is 5.13. The number of fused-ring (bicyclic) bond motifs is 2. The number of nitrogens with zero attached hydrogens (tertiary/aromatic N) is 5. The molecule has 192 valence electrons. The molecule has 1 N–H and O–H groups in total. The molecule has 3 fully saturated rings. The van der Waals surface area contributed by atoms with E-state index in [1.165, 1.54) is 18.2 Å². The van der Waals surface area contributed by atoms with Crippen molar-refractivity contribution in [3.05, 3.63) is 47.4 Å². The molecule has 8 nitrogen and oxygen atoms in total. The lowest BCUT2D eigenvalue weighted by molar-refractivity contribution is -0.143. The van der Waals surface area contributed by atoms with E-state index in [1.54, 1.807) is 13.3 Å². The van der Waals surface area contributed by atoms with Crippen LogP contribution >= 0.6 is 11.6 Å². The number of pyridine rings is 1. The van der Waals surface area contributed by atoms with Crippen molar-refractivity contribution in [2.45, 2.75) is 25.7 Å². The van der Waals surface area contributed by atoms with Gasteiger partial charge in [0.05, 0.1) is 12.1 Å². The van der Waals surface area contributed by atoms with Gasteiger partial charge in [-0.2, -0.15) is 18.2 Å². The number of benzene rings is 1. The van der Waals surface area contributed by atoms with Crippen LogP contribution in [-0.4, -0.2) is 52.2 Å². The number of nitrogens with one attached hydrogen (secondary N) is 1. The number of rotatable bonds is 7. The molecule has 4 heterocycles. The summed E-state index contributed by atoms with van der Waals surface area (Å²) in [5.74, 6) is 0.114. The summed E-state index contributed by atoms with van der Waals surface area (Å²) in [5, 5.41) is 6.94. The number of halogens is 5. The van der Waals surface area contributed by atoms with Crippen LogP contribution in [0.25, 0.3) is 0 Å². The molecule has 6 rings (SSSR count). The highest BCUT2D eigenvalue weighted by molar-refractivity contribution is 6.30. The van der Waals surface area contributed by atoms with Crippen LogP contribution in [0, 0.1) is 23.6 Å². The summed E-state index contributed by atoms with van der Waals surface area (Å²) in [6, 6.07) is 7.25. The maximum absolute atomic E-state index is 14.3. The number of aromatic nitrogens is 4. The molecule has 0 spiro atoms. The van der Waals surface area contributed by atoms with Crippen LogP contribution in [0.5, 0.6) is 17.6 Å². The Morgan fingerprint density at radius 1 is 1.19 bits per heavy atom. The first-order valence-electron chi connectivity index (χ1n) is 11.3. The van der Waals surface area contributed by atoms with Gasteiger partial charge in [0, 0.05) is 37.1 Å². The summed E-state index contributed by atoms with van der Waals surface area (Å²) in [5.41, 5.74) is 0.994. The van der Waals surface area contributed by atoms with Gasteiger partial charge in [0.25, 0.3) is 0 Å². The van der Waals surface area contributed by atoms with Gasteiger partial charge in [-0.15, -0.1) is 5.10 Å². The number of hydrogen-bond donors (Lipinski definition) is 1. The topological polar surface area (TPSA) is 77.3 Å². The number of methoxy groups -OCH3 is 1. The minimum Gasteiger partial charge on any atom is -0.481 e. The molecule has 36 heavy (non-hydrogen) atoms. The minimum atomic E-state index is -4.58. The largest absolute Gasteiger partial charge is 0.481 e. The third-order valence-electron chi connectivity index (χ3n) is 6.81. The molecule has 2 bridgehead atoms. The molecule has 0 amide bonds. The van der Waals surface area contributed by atoms with E-state index >= 15 is 0 Å². The quantitative estimate of drug-likeness (QED) is 0.434. The number of ether oxygens (including phenoxy) is 2. The molecule has 3 aromatic rings. The number of alkyl halides is 3. The Morgan fingerprint density at radius 2 is 1.94 bits per heavy atom. The second-order valence-electron chi connectivity index (χ2n) is 8.96. The molecule has 0 radical (unpaired) electrons. The Hall–Kier alpha value is -3.28. The summed E-state index contributed by atoms with van der Waals surface area (Å²) < 4.78 is 64.9. The zero-order chi connectivity index (χ0) is 25.6. The molecule has 2 unspecified atom stereocenters. The summed E-state index contributed by atoms with van der Waals surface area (Å²) >= 11 is 5.76. The highest BCUT2D eigenvalue weighted by Crippen LogP contribution is 2.48. The van der Waals surface area contributed by atoms with Crippen LogP contribution in [0.4, 0.5) is 29.2 Å². The van der Waals surface area contributed by atoms with Crippen molar-refractivity contribution in [3.63, 3.8) is 0 Å². The van der Waals surface area contributed by atoms with E-state index in [2.05, 4.69) is 32.2 Å². The Balaban J connectivity index is 1.34. The molecule has 1 aromatic carbocycles. The van der Waals surface area contributed by atoms with Gasteiger partial charge in [-0.25, -0.2) is 14.1 Å². The second kappa shape index (κ2) is 9.30. The Kier molecular flexibility index (Phi) is 6.31. The summed E-state index contributed by atoms with van der Waals surface area (Å²) in [6.45, 7) is 2.20. The predicted molar refractivity (Wildman–Crippen MR) is 124 cm³/mol. The van der Waals surface area contributed by atoms with E-state index in [0.29, 0.717) is 16.5 Å². The third kappa shape index (κ3) is 4.73. The lowest BCUT2D eigenvalue weighted by Crippen LogP contribution is -2.66. The average molecular weight is 527 g/mol. The maximum Gasteiger partial charge on any atom is 0.408 e. The Bertz CT molecular complexity index is 1240. The lowest BCUT2D eigenvalue weighted by atomic mass is 9.58. The van der Waals surface area contributed by atoms with E-state index in [1.807, 2.05) is 12.1 Å². The molecule has 2 saturated heterocycles. The summed E-state index contributed by atoms with van der Waals surface area (Å²) in [6.07, 6.45) is -2.89. The maximum atomic E-state index is 14.3. The smallest absolute Gasteiger partial charge is 0.408 e. The van der Waals surface area contributed by atoms with Gasteiger partial charge >= 0.3 is 12.2 Å². The van der Waals surface area contributed by atoms with Gasteiger partial charge < -0.3 is 19.7 Å². The molecule has 1 saturated carbocycles. The van der Waals surface area contributed by atoms with Gasteiger partial charge in [0.2, 0.25) is 11.8 Å². The van der Waals surface area contributed by atoms with E-state index in [4.69, 9.17) is 21.1 Å². The van der Waals surface area contributed by atoms with E-state index in [0.717, 1.165) is 18.8 Å². The Labute approximate surface area is 209 Å². The van der Waals surface area contributed by atoms with Crippen LogP contribution in [0.1, 0.15) is 6.92 Å². The highest BCUT2D eigenvalue weighted by Gasteiger charge is 2.53. The standard InChI is InChI=1S/C23H23ClF4N6O2/c1-12-14-9-33(13-6-7-29-18(8-13)35-2)10-15(12)20(14)30-21-31-22(34(32-21)11-23(26,27)28)36-17-5-3-4-16(24)19(17)25/h3-8,12,14-15,20H,9-11H2,1-2H3,(H,30,32)/t12-,14?,15?,20+. The van der Waals surface area contributed by atoms with Crippen molar-refractivity contribution in [1.82, 2.24) is 19.7 Å². The molecule has 1 aliphatic carbocycles. The zero-order valence-electron chi connectivity index (χ0n) is 19.3.